The molecule has 0 bridgehead atoms. The highest BCUT2D eigenvalue weighted by Crippen LogP contribution is 2.14. The minimum Gasteiger partial charge on any atom is -0.334 e. The van der Waals surface area contributed by atoms with E-state index in [1.165, 1.54) is 0 Å². The summed E-state index contributed by atoms with van der Waals surface area (Å²) in [4.78, 5) is 12.2. The van der Waals surface area contributed by atoms with Crippen molar-refractivity contribution in [3.05, 3.63) is 64.2 Å². The van der Waals surface area contributed by atoms with Gasteiger partial charge in [0.15, 0.2) is 0 Å². The Morgan fingerprint density at radius 2 is 1.75 bits per heavy atom. The molecule has 0 aliphatic carbocycles. The molecule has 28 heavy (non-hydrogen) atoms. The van der Waals surface area contributed by atoms with Crippen LogP contribution in [0.4, 0.5) is 10.5 Å². The smallest absolute Gasteiger partial charge is 0.319 e. The fraction of sp³-hybridized carbons (Fsp3) is 0.381. The van der Waals surface area contributed by atoms with Crippen molar-refractivity contribution < 1.29 is 4.79 Å². The molecule has 0 saturated carbocycles. The lowest BCUT2D eigenvalue weighted by atomic mass is 10.2. The number of urea groups is 1. The van der Waals surface area contributed by atoms with Crippen LogP contribution in [-0.2, 0) is 19.6 Å². The van der Waals surface area contributed by atoms with E-state index in [1.54, 1.807) is 0 Å². The van der Waals surface area contributed by atoms with Crippen LogP contribution in [0.15, 0.2) is 30.3 Å². The molecular formula is C21H28N6O. The van der Waals surface area contributed by atoms with Crippen LogP contribution >= 0.6 is 0 Å². The quantitative estimate of drug-likeness (QED) is 0.684. The first-order valence-corrected chi connectivity index (χ1v) is 9.55. The van der Waals surface area contributed by atoms with E-state index >= 15 is 0 Å². The predicted molar refractivity (Wildman–Crippen MR) is 110 cm³/mol. The van der Waals surface area contributed by atoms with Gasteiger partial charge < -0.3 is 10.6 Å². The molecule has 0 radical (unpaired) electrons. The Kier molecular flexibility index (Phi) is 5.82. The average molecular weight is 380 g/mol. The van der Waals surface area contributed by atoms with E-state index in [0.717, 1.165) is 46.1 Å². The number of carbonyl (C=O) groups is 1. The number of benzene rings is 1. The number of aromatic nitrogens is 4. The minimum absolute atomic E-state index is 0.227. The standard InChI is InChI=1S/C21H28N6O/c1-6-26-17(5)20(16(4)25-26)12-22-21(28)23-19-9-7-18(8-10-19)13-27-15(3)11-14(2)24-27/h7-11H,6,12-13H2,1-5H3,(H2,22,23,28). The molecule has 0 atom stereocenters. The molecule has 0 aliphatic heterocycles. The van der Waals surface area contributed by atoms with E-state index in [4.69, 9.17) is 0 Å². The topological polar surface area (TPSA) is 76.8 Å². The Morgan fingerprint density at radius 1 is 1.04 bits per heavy atom. The van der Waals surface area contributed by atoms with Gasteiger partial charge in [0.2, 0.25) is 0 Å². The number of amides is 2. The zero-order valence-electron chi connectivity index (χ0n) is 17.2. The van der Waals surface area contributed by atoms with Gasteiger partial charge in [0.05, 0.1) is 17.9 Å². The molecule has 2 amide bonds. The summed E-state index contributed by atoms with van der Waals surface area (Å²) in [5, 5.41) is 14.8. The lowest BCUT2D eigenvalue weighted by Gasteiger charge is -2.10. The van der Waals surface area contributed by atoms with Crippen LogP contribution in [0.25, 0.3) is 0 Å². The Morgan fingerprint density at radius 3 is 2.32 bits per heavy atom. The summed E-state index contributed by atoms with van der Waals surface area (Å²) in [6, 6.07) is 9.67. The molecule has 7 nitrogen and oxygen atoms in total. The SMILES string of the molecule is CCn1nc(C)c(CNC(=O)Nc2ccc(Cn3nc(C)cc3C)cc2)c1C. The summed E-state index contributed by atoms with van der Waals surface area (Å²) in [7, 11) is 0. The van der Waals surface area contributed by atoms with Gasteiger partial charge in [-0.1, -0.05) is 12.1 Å². The summed E-state index contributed by atoms with van der Waals surface area (Å²) < 4.78 is 3.93. The van der Waals surface area contributed by atoms with Crippen LogP contribution in [0.3, 0.4) is 0 Å². The van der Waals surface area contributed by atoms with E-state index in [0.29, 0.717) is 13.1 Å². The maximum atomic E-state index is 12.2. The van der Waals surface area contributed by atoms with Gasteiger partial charge in [0, 0.05) is 35.7 Å². The molecule has 3 rings (SSSR count). The highest BCUT2D eigenvalue weighted by molar-refractivity contribution is 5.89. The first-order valence-electron chi connectivity index (χ1n) is 9.55. The summed E-state index contributed by atoms with van der Waals surface area (Å²) in [6.07, 6.45) is 0. The van der Waals surface area contributed by atoms with Gasteiger partial charge in [-0.3, -0.25) is 9.36 Å². The molecule has 7 heteroatoms. The van der Waals surface area contributed by atoms with E-state index < -0.39 is 0 Å². The largest absolute Gasteiger partial charge is 0.334 e. The van der Waals surface area contributed by atoms with Crippen LogP contribution in [0.2, 0.25) is 0 Å². The van der Waals surface area contributed by atoms with Gasteiger partial charge in [-0.2, -0.15) is 10.2 Å². The Hall–Kier alpha value is -3.09. The zero-order valence-corrected chi connectivity index (χ0v) is 17.2. The Bertz CT molecular complexity index is 968. The molecule has 2 N–H and O–H groups in total. The Labute approximate surface area is 165 Å². The van der Waals surface area contributed by atoms with Gasteiger partial charge in [-0.25, -0.2) is 4.79 Å². The van der Waals surface area contributed by atoms with E-state index in [1.807, 2.05) is 61.3 Å². The number of anilines is 1. The highest BCUT2D eigenvalue weighted by Gasteiger charge is 2.11. The second-order valence-electron chi connectivity index (χ2n) is 7.05. The highest BCUT2D eigenvalue weighted by atomic mass is 16.2. The van der Waals surface area contributed by atoms with Crippen molar-refractivity contribution in [3.8, 4) is 0 Å². The summed E-state index contributed by atoms with van der Waals surface area (Å²) in [6.45, 7) is 12.1. The molecular weight excluding hydrogens is 352 g/mol. The number of hydrogen-bond donors (Lipinski definition) is 2. The van der Waals surface area contributed by atoms with Crippen LogP contribution in [0.1, 0.15) is 40.8 Å². The second-order valence-corrected chi connectivity index (χ2v) is 7.05. The maximum Gasteiger partial charge on any atom is 0.319 e. The van der Waals surface area contributed by atoms with E-state index in [-0.39, 0.29) is 6.03 Å². The van der Waals surface area contributed by atoms with Gasteiger partial charge in [-0.15, -0.1) is 0 Å². The van der Waals surface area contributed by atoms with Gasteiger partial charge in [0.25, 0.3) is 0 Å². The normalized spacial score (nSPS) is 10.9. The lowest BCUT2D eigenvalue weighted by Crippen LogP contribution is -2.28. The van der Waals surface area contributed by atoms with Crippen molar-refractivity contribution in [2.24, 2.45) is 0 Å². The number of aryl methyl sites for hydroxylation is 4. The molecule has 1 aromatic carbocycles. The molecule has 3 aromatic rings. The number of carbonyl (C=O) groups excluding carboxylic acids is 1. The third-order valence-electron chi connectivity index (χ3n) is 4.90. The molecule has 0 fully saturated rings. The van der Waals surface area contributed by atoms with Crippen molar-refractivity contribution in [1.29, 1.82) is 0 Å². The summed E-state index contributed by atoms with van der Waals surface area (Å²) in [5.74, 6) is 0. The van der Waals surface area contributed by atoms with Crippen LogP contribution in [-0.4, -0.2) is 25.6 Å². The fourth-order valence-electron chi connectivity index (χ4n) is 3.34. The molecule has 0 unspecified atom stereocenters. The third kappa shape index (κ3) is 4.42. The van der Waals surface area contributed by atoms with Gasteiger partial charge >= 0.3 is 6.03 Å². The first kappa shape index (κ1) is 19.7. The summed E-state index contributed by atoms with van der Waals surface area (Å²) in [5.41, 5.74) is 7.15. The van der Waals surface area contributed by atoms with Gasteiger partial charge in [0.1, 0.15) is 0 Å². The monoisotopic (exact) mass is 380 g/mol. The molecule has 0 spiro atoms. The van der Waals surface area contributed by atoms with Crippen molar-refractivity contribution in [2.75, 3.05) is 5.32 Å². The van der Waals surface area contributed by atoms with Crippen molar-refractivity contribution >= 4 is 11.7 Å². The first-order chi connectivity index (χ1) is 13.4. The number of nitrogens with one attached hydrogen (secondary N) is 2. The van der Waals surface area contributed by atoms with Crippen molar-refractivity contribution in [3.63, 3.8) is 0 Å². The number of rotatable bonds is 6. The number of nitrogens with zero attached hydrogens (tertiary/aromatic N) is 4. The fourth-order valence-corrected chi connectivity index (χ4v) is 3.34. The predicted octanol–water partition coefficient (Wildman–Crippen LogP) is 3.70. The molecule has 0 saturated heterocycles. The third-order valence-corrected chi connectivity index (χ3v) is 4.90. The van der Waals surface area contributed by atoms with Crippen LogP contribution in [0.5, 0.6) is 0 Å². The van der Waals surface area contributed by atoms with E-state index in [9.17, 15) is 4.79 Å². The number of hydrogen-bond acceptors (Lipinski definition) is 3. The van der Waals surface area contributed by atoms with Crippen molar-refractivity contribution in [2.45, 2.75) is 54.3 Å². The lowest BCUT2D eigenvalue weighted by molar-refractivity contribution is 0.251. The molecule has 0 aliphatic rings. The average Bonchev–Trinajstić information content (AvgIpc) is 3.12. The zero-order chi connectivity index (χ0) is 20.3. The van der Waals surface area contributed by atoms with Gasteiger partial charge in [-0.05, 0) is 58.4 Å². The molecule has 148 valence electrons. The Balaban J connectivity index is 1.56. The summed E-state index contributed by atoms with van der Waals surface area (Å²) >= 11 is 0. The van der Waals surface area contributed by atoms with Crippen molar-refractivity contribution in [1.82, 2.24) is 24.9 Å². The molecule has 2 aromatic heterocycles. The second kappa shape index (κ2) is 8.29. The van der Waals surface area contributed by atoms with Crippen LogP contribution in [0, 0.1) is 27.7 Å². The van der Waals surface area contributed by atoms with Crippen LogP contribution < -0.4 is 10.6 Å². The molecule has 2 heterocycles. The maximum absolute atomic E-state index is 12.2. The minimum atomic E-state index is -0.227. The van der Waals surface area contributed by atoms with E-state index in [2.05, 4.69) is 33.8 Å².